The van der Waals surface area contributed by atoms with Gasteiger partial charge < -0.3 is 10.1 Å². The third-order valence-electron chi connectivity index (χ3n) is 3.80. The topological polar surface area (TPSA) is 70.7 Å². The minimum Gasteiger partial charge on any atom is -0.371 e. The van der Waals surface area contributed by atoms with Gasteiger partial charge >= 0.3 is 6.03 Å². The summed E-state index contributed by atoms with van der Waals surface area (Å²) in [6.07, 6.45) is -0.308. The molecule has 1 aromatic rings. The van der Waals surface area contributed by atoms with Gasteiger partial charge in [0, 0.05) is 20.1 Å². The molecular formula is C15H19ClFN3O3. The van der Waals surface area contributed by atoms with Crippen LogP contribution in [0.2, 0.25) is 5.02 Å². The van der Waals surface area contributed by atoms with Crippen molar-refractivity contribution in [3.8, 4) is 0 Å². The Morgan fingerprint density at radius 3 is 2.87 bits per heavy atom. The van der Waals surface area contributed by atoms with Gasteiger partial charge in [-0.2, -0.15) is 0 Å². The monoisotopic (exact) mass is 343 g/mol. The average Bonchev–Trinajstić information content (AvgIpc) is 2.56. The maximum atomic E-state index is 13.3. The van der Waals surface area contributed by atoms with Gasteiger partial charge in [-0.05, 0) is 24.6 Å². The molecule has 0 radical (unpaired) electrons. The number of imide groups is 1. The number of morpholine rings is 1. The first kappa shape index (κ1) is 17.7. The lowest BCUT2D eigenvalue weighted by Gasteiger charge is -2.36. The minimum absolute atomic E-state index is 0.0358. The van der Waals surface area contributed by atoms with Gasteiger partial charge in [0.15, 0.2) is 0 Å². The van der Waals surface area contributed by atoms with Gasteiger partial charge in [-0.3, -0.25) is 15.0 Å². The van der Waals surface area contributed by atoms with Crippen LogP contribution in [0.3, 0.4) is 0 Å². The Morgan fingerprint density at radius 2 is 2.22 bits per heavy atom. The second-order valence-electron chi connectivity index (χ2n) is 5.27. The van der Waals surface area contributed by atoms with Crippen LogP contribution in [0.1, 0.15) is 18.6 Å². The number of ether oxygens (including phenoxy) is 1. The van der Waals surface area contributed by atoms with Crippen LogP contribution in [0.25, 0.3) is 0 Å². The molecule has 23 heavy (non-hydrogen) atoms. The predicted molar refractivity (Wildman–Crippen MR) is 83.7 cm³/mol. The molecule has 0 aliphatic carbocycles. The van der Waals surface area contributed by atoms with E-state index in [-0.39, 0.29) is 17.0 Å². The molecule has 6 nitrogen and oxygen atoms in total. The fourth-order valence-electron chi connectivity index (χ4n) is 2.38. The van der Waals surface area contributed by atoms with E-state index < -0.39 is 17.9 Å². The highest BCUT2D eigenvalue weighted by Crippen LogP contribution is 2.26. The SMILES string of the molecule is CNC(=O)NC(=O)[C@@H](C)N1CCO[C@@H](c2ccc(F)c(Cl)c2)C1. The summed E-state index contributed by atoms with van der Waals surface area (Å²) in [6, 6.07) is 3.40. The van der Waals surface area contributed by atoms with E-state index in [0.717, 1.165) is 5.56 Å². The third kappa shape index (κ3) is 4.40. The molecule has 1 aliphatic heterocycles. The number of nitrogens with one attached hydrogen (secondary N) is 2. The Kier molecular flexibility index (Phi) is 5.92. The molecule has 8 heteroatoms. The maximum Gasteiger partial charge on any atom is 0.321 e. The van der Waals surface area contributed by atoms with Gasteiger partial charge in [0.25, 0.3) is 0 Å². The number of rotatable bonds is 3. The van der Waals surface area contributed by atoms with Gasteiger partial charge in [0.1, 0.15) is 5.82 Å². The molecular weight excluding hydrogens is 325 g/mol. The molecule has 1 aliphatic rings. The molecule has 2 rings (SSSR count). The molecule has 0 aromatic heterocycles. The summed E-state index contributed by atoms with van der Waals surface area (Å²) < 4.78 is 18.9. The van der Waals surface area contributed by atoms with E-state index in [4.69, 9.17) is 16.3 Å². The highest BCUT2D eigenvalue weighted by molar-refractivity contribution is 6.30. The van der Waals surface area contributed by atoms with E-state index >= 15 is 0 Å². The summed E-state index contributed by atoms with van der Waals surface area (Å²) in [5, 5.41) is 4.63. The van der Waals surface area contributed by atoms with Crippen LogP contribution in [0.15, 0.2) is 18.2 Å². The van der Waals surface area contributed by atoms with Crippen molar-refractivity contribution in [3.05, 3.63) is 34.6 Å². The van der Waals surface area contributed by atoms with Crippen LogP contribution in [-0.2, 0) is 9.53 Å². The highest BCUT2D eigenvalue weighted by Gasteiger charge is 2.29. The van der Waals surface area contributed by atoms with Crippen LogP contribution in [0, 0.1) is 5.82 Å². The average molecular weight is 344 g/mol. The Balaban J connectivity index is 2.03. The van der Waals surface area contributed by atoms with Crippen molar-refractivity contribution in [2.75, 3.05) is 26.7 Å². The summed E-state index contributed by atoms with van der Waals surface area (Å²) in [5.74, 6) is -0.872. The lowest BCUT2D eigenvalue weighted by Crippen LogP contribution is -2.52. The molecule has 0 unspecified atom stereocenters. The zero-order chi connectivity index (χ0) is 17.0. The van der Waals surface area contributed by atoms with Crippen LogP contribution in [-0.4, -0.2) is 49.6 Å². The van der Waals surface area contributed by atoms with Gasteiger partial charge in [-0.15, -0.1) is 0 Å². The molecule has 2 N–H and O–H groups in total. The predicted octanol–water partition coefficient (Wildman–Crippen LogP) is 1.70. The molecule has 1 heterocycles. The number of nitrogens with zero attached hydrogens (tertiary/aromatic N) is 1. The summed E-state index contributed by atoms with van der Waals surface area (Å²) in [5.41, 5.74) is 0.750. The smallest absolute Gasteiger partial charge is 0.321 e. The van der Waals surface area contributed by atoms with Gasteiger partial charge in [-0.25, -0.2) is 9.18 Å². The van der Waals surface area contributed by atoms with Crippen molar-refractivity contribution in [2.24, 2.45) is 0 Å². The molecule has 1 fully saturated rings. The largest absolute Gasteiger partial charge is 0.371 e. The van der Waals surface area contributed by atoms with Gasteiger partial charge in [0.05, 0.1) is 23.8 Å². The highest BCUT2D eigenvalue weighted by atomic mass is 35.5. The molecule has 1 saturated heterocycles. The summed E-state index contributed by atoms with van der Waals surface area (Å²) in [4.78, 5) is 25.2. The Bertz CT molecular complexity index is 599. The zero-order valence-electron chi connectivity index (χ0n) is 12.9. The van der Waals surface area contributed by atoms with Crippen LogP contribution >= 0.6 is 11.6 Å². The number of carbonyl (C=O) groups is 2. The second kappa shape index (κ2) is 7.72. The number of hydrogen-bond donors (Lipinski definition) is 2. The third-order valence-corrected chi connectivity index (χ3v) is 4.09. The Hall–Kier alpha value is -1.70. The number of benzene rings is 1. The van der Waals surface area contributed by atoms with Crippen molar-refractivity contribution < 1.29 is 18.7 Å². The first-order valence-electron chi connectivity index (χ1n) is 7.25. The lowest BCUT2D eigenvalue weighted by atomic mass is 10.1. The van der Waals surface area contributed by atoms with Crippen LogP contribution in [0.4, 0.5) is 9.18 Å². The van der Waals surface area contributed by atoms with E-state index in [1.807, 2.05) is 4.90 Å². The molecule has 0 spiro atoms. The zero-order valence-corrected chi connectivity index (χ0v) is 13.7. The van der Waals surface area contributed by atoms with E-state index in [9.17, 15) is 14.0 Å². The Labute approximate surface area is 138 Å². The van der Waals surface area contributed by atoms with Gasteiger partial charge in [-0.1, -0.05) is 17.7 Å². The molecule has 0 saturated carbocycles. The van der Waals surface area contributed by atoms with Crippen LogP contribution in [0.5, 0.6) is 0 Å². The molecule has 126 valence electrons. The van der Waals surface area contributed by atoms with E-state index in [1.165, 1.54) is 19.2 Å². The van der Waals surface area contributed by atoms with Crippen molar-refractivity contribution in [1.82, 2.24) is 15.5 Å². The fraction of sp³-hybridized carbons (Fsp3) is 0.467. The molecule has 3 amide bonds. The lowest BCUT2D eigenvalue weighted by molar-refractivity contribution is -0.128. The number of amides is 3. The summed E-state index contributed by atoms with van der Waals surface area (Å²) in [6.45, 7) is 3.16. The van der Waals surface area contributed by atoms with Crippen molar-refractivity contribution in [3.63, 3.8) is 0 Å². The minimum atomic E-state index is -0.544. The normalized spacial score (nSPS) is 19.9. The van der Waals surface area contributed by atoms with Crippen molar-refractivity contribution in [2.45, 2.75) is 19.1 Å². The standard InChI is InChI=1S/C15H19ClFN3O3/c1-9(14(21)19-15(22)18-2)20-5-6-23-13(8-20)10-3-4-12(17)11(16)7-10/h3-4,7,9,13H,5-6,8H2,1-2H3,(H2,18,19,21,22)/t9-,13-/m1/s1. The van der Waals surface area contributed by atoms with E-state index in [2.05, 4.69) is 10.6 Å². The van der Waals surface area contributed by atoms with Crippen molar-refractivity contribution in [1.29, 1.82) is 0 Å². The van der Waals surface area contributed by atoms with Gasteiger partial charge in [0.2, 0.25) is 5.91 Å². The van der Waals surface area contributed by atoms with E-state index in [1.54, 1.807) is 13.0 Å². The first-order chi connectivity index (χ1) is 10.9. The first-order valence-corrected chi connectivity index (χ1v) is 7.63. The second-order valence-corrected chi connectivity index (χ2v) is 5.68. The Morgan fingerprint density at radius 1 is 1.48 bits per heavy atom. The summed E-state index contributed by atoms with van der Waals surface area (Å²) >= 11 is 5.80. The molecule has 0 bridgehead atoms. The summed E-state index contributed by atoms with van der Waals surface area (Å²) in [7, 11) is 1.44. The van der Waals surface area contributed by atoms with E-state index in [0.29, 0.717) is 19.7 Å². The number of halogens is 2. The number of carbonyl (C=O) groups excluding carboxylic acids is 2. The van der Waals surface area contributed by atoms with Crippen LogP contribution < -0.4 is 10.6 Å². The fourth-order valence-corrected chi connectivity index (χ4v) is 2.57. The number of hydrogen-bond acceptors (Lipinski definition) is 4. The maximum absolute atomic E-state index is 13.3. The molecule has 1 aromatic carbocycles. The quantitative estimate of drug-likeness (QED) is 0.876. The molecule has 2 atom stereocenters. The van der Waals surface area contributed by atoms with Crippen molar-refractivity contribution >= 4 is 23.5 Å². The number of urea groups is 1.